The van der Waals surface area contributed by atoms with Crippen molar-refractivity contribution in [1.29, 1.82) is 0 Å². The summed E-state index contributed by atoms with van der Waals surface area (Å²) in [5, 5.41) is 4.10. The van der Waals surface area contributed by atoms with E-state index in [0.717, 1.165) is 13.0 Å². The summed E-state index contributed by atoms with van der Waals surface area (Å²) in [4.78, 5) is 0. The van der Waals surface area contributed by atoms with Crippen molar-refractivity contribution < 1.29 is 4.43 Å². The Balaban J connectivity index is 1.80. The van der Waals surface area contributed by atoms with E-state index in [4.69, 9.17) is 4.43 Å². The van der Waals surface area contributed by atoms with Gasteiger partial charge in [-0.25, -0.2) is 0 Å². The second-order valence-electron chi connectivity index (χ2n) is 8.68. The van der Waals surface area contributed by atoms with E-state index in [1.54, 1.807) is 0 Å². The van der Waals surface area contributed by atoms with Crippen molar-refractivity contribution in [3.8, 4) is 0 Å². The number of nitrogens with one attached hydrogen (secondary N) is 1. The fourth-order valence-electron chi connectivity index (χ4n) is 3.21. The number of benzene rings is 2. The standard InChI is InChI=1S/C22H31NOSi/c1-22(2,3)25(4,5)24-16-19-15-18-13-9-10-14-20(18)21(23-19)17-11-7-6-8-12-17/h6-14,19,21,23H,15-16H2,1-5H3/t19-,21-/m0/s1. The lowest BCUT2D eigenvalue weighted by Gasteiger charge is -2.39. The van der Waals surface area contributed by atoms with Gasteiger partial charge in [-0.1, -0.05) is 75.4 Å². The summed E-state index contributed by atoms with van der Waals surface area (Å²) in [5.74, 6) is 0. The summed E-state index contributed by atoms with van der Waals surface area (Å²) in [6.07, 6.45) is 1.04. The van der Waals surface area contributed by atoms with E-state index in [-0.39, 0.29) is 11.1 Å². The molecule has 3 heteroatoms. The zero-order valence-electron chi connectivity index (χ0n) is 16.2. The van der Waals surface area contributed by atoms with Crippen molar-refractivity contribution in [2.24, 2.45) is 0 Å². The Morgan fingerprint density at radius 2 is 1.64 bits per heavy atom. The van der Waals surface area contributed by atoms with Crippen LogP contribution >= 0.6 is 0 Å². The summed E-state index contributed by atoms with van der Waals surface area (Å²) in [6.45, 7) is 12.4. The summed E-state index contributed by atoms with van der Waals surface area (Å²) < 4.78 is 6.51. The average Bonchev–Trinajstić information content (AvgIpc) is 2.59. The van der Waals surface area contributed by atoms with Gasteiger partial charge in [-0.15, -0.1) is 0 Å². The highest BCUT2D eigenvalue weighted by Gasteiger charge is 2.38. The van der Waals surface area contributed by atoms with Gasteiger partial charge in [0, 0.05) is 12.6 Å². The molecular formula is C22H31NOSi. The number of rotatable bonds is 4. The van der Waals surface area contributed by atoms with Crippen LogP contribution < -0.4 is 5.32 Å². The Morgan fingerprint density at radius 3 is 2.32 bits per heavy atom. The van der Waals surface area contributed by atoms with Crippen LogP contribution in [0, 0.1) is 0 Å². The molecule has 2 nitrogen and oxygen atoms in total. The summed E-state index contributed by atoms with van der Waals surface area (Å²) >= 11 is 0. The fraction of sp³-hybridized carbons (Fsp3) is 0.455. The van der Waals surface area contributed by atoms with E-state index < -0.39 is 8.32 Å². The molecule has 0 unspecified atom stereocenters. The van der Waals surface area contributed by atoms with Crippen LogP contribution in [0.5, 0.6) is 0 Å². The smallest absolute Gasteiger partial charge is 0.192 e. The molecule has 1 N–H and O–H groups in total. The molecule has 1 heterocycles. The van der Waals surface area contributed by atoms with Gasteiger partial charge in [0.05, 0.1) is 6.04 Å². The lowest BCUT2D eigenvalue weighted by atomic mass is 9.87. The summed E-state index contributed by atoms with van der Waals surface area (Å²) in [7, 11) is -1.72. The molecule has 0 spiro atoms. The Hall–Kier alpha value is -1.42. The molecule has 3 rings (SSSR count). The normalized spacial score (nSPS) is 21.0. The van der Waals surface area contributed by atoms with Gasteiger partial charge in [0.2, 0.25) is 0 Å². The monoisotopic (exact) mass is 353 g/mol. The van der Waals surface area contributed by atoms with E-state index in [2.05, 4.69) is 93.8 Å². The number of hydrogen-bond acceptors (Lipinski definition) is 2. The minimum Gasteiger partial charge on any atom is -0.415 e. The predicted molar refractivity (Wildman–Crippen MR) is 109 cm³/mol. The maximum Gasteiger partial charge on any atom is 0.192 e. The van der Waals surface area contributed by atoms with Crippen LogP contribution in [0.1, 0.15) is 43.5 Å². The molecule has 0 saturated heterocycles. The van der Waals surface area contributed by atoms with Crippen LogP contribution in [-0.4, -0.2) is 21.0 Å². The van der Waals surface area contributed by atoms with Crippen LogP contribution in [0.15, 0.2) is 54.6 Å². The third-order valence-corrected chi connectivity index (χ3v) is 10.3. The minimum atomic E-state index is -1.72. The molecule has 1 aliphatic rings. The van der Waals surface area contributed by atoms with Crippen molar-refractivity contribution in [1.82, 2.24) is 5.32 Å². The molecule has 2 aromatic carbocycles. The van der Waals surface area contributed by atoms with E-state index in [1.807, 2.05) is 0 Å². The SMILES string of the molecule is CC(C)(C)[Si](C)(C)OC[C@@H]1Cc2ccccc2[C@H](c2ccccc2)N1. The Bertz CT molecular complexity index is 705. The number of hydrogen-bond donors (Lipinski definition) is 1. The quantitative estimate of drug-likeness (QED) is 0.752. The van der Waals surface area contributed by atoms with Gasteiger partial charge in [0.15, 0.2) is 8.32 Å². The molecule has 25 heavy (non-hydrogen) atoms. The van der Waals surface area contributed by atoms with Gasteiger partial charge in [-0.3, -0.25) is 0 Å². The van der Waals surface area contributed by atoms with Crippen molar-refractivity contribution in [3.05, 3.63) is 71.3 Å². The van der Waals surface area contributed by atoms with Crippen molar-refractivity contribution in [3.63, 3.8) is 0 Å². The molecule has 1 aliphatic heterocycles. The molecule has 0 radical (unpaired) electrons. The largest absolute Gasteiger partial charge is 0.415 e. The van der Waals surface area contributed by atoms with Crippen molar-refractivity contribution in [2.75, 3.05) is 6.61 Å². The van der Waals surface area contributed by atoms with Crippen LogP contribution in [0.4, 0.5) is 0 Å². The minimum absolute atomic E-state index is 0.248. The first-order valence-corrected chi connectivity index (χ1v) is 12.2. The van der Waals surface area contributed by atoms with E-state index in [1.165, 1.54) is 16.7 Å². The Morgan fingerprint density at radius 1 is 1.00 bits per heavy atom. The molecule has 0 fully saturated rings. The Kier molecular flexibility index (Phi) is 5.19. The molecule has 0 saturated carbocycles. The van der Waals surface area contributed by atoms with Gasteiger partial charge < -0.3 is 9.74 Å². The van der Waals surface area contributed by atoms with Crippen LogP contribution in [0.25, 0.3) is 0 Å². The molecule has 0 aromatic heterocycles. The first-order chi connectivity index (χ1) is 11.8. The maximum absolute atomic E-state index is 6.51. The zero-order chi connectivity index (χ0) is 18.1. The van der Waals surface area contributed by atoms with Crippen LogP contribution in [-0.2, 0) is 10.8 Å². The summed E-state index contributed by atoms with van der Waals surface area (Å²) in [6, 6.07) is 20.2. The topological polar surface area (TPSA) is 21.3 Å². The number of fused-ring (bicyclic) bond motifs is 1. The van der Waals surface area contributed by atoms with Crippen LogP contribution in [0.3, 0.4) is 0 Å². The highest BCUT2D eigenvalue weighted by atomic mass is 28.4. The third kappa shape index (κ3) is 4.05. The van der Waals surface area contributed by atoms with E-state index in [9.17, 15) is 0 Å². The first kappa shape index (κ1) is 18.4. The Labute approximate surface area is 153 Å². The average molecular weight is 354 g/mol. The molecule has 134 valence electrons. The highest BCUT2D eigenvalue weighted by molar-refractivity contribution is 6.74. The molecular weight excluding hydrogens is 322 g/mol. The molecule has 2 aromatic rings. The molecule has 0 bridgehead atoms. The second kappa shape index (κ2) is 7.06. The predicted octanol–water partition coefficient (Wildman–Crippen LogP) is 5.31. The van der Waals surface area contributed by atoms with E-state index >= 15 is 0 Å². The van der Waals surface area contributed by atoms with Gasteiger partial charge in [0.1, 0.15) is 0 Å². The van der Waals surface area contributed by atoms with Crippen molar-refractivity contribution in [2.45, 2.75) is 57.4 Å². The van der Waals surface area contributed by atoms with Gasteiger partial charge in [-0.2, -0.15) is 0 Å². The third-order valence-electron chi connectivity index (χ3n) is 5.82. The van der Waals surface area contributed by atoms with Gasteiger partial charge >= 0.3 is 0 Å². The van der Waals surface area contributed by atoms with Gasteiger partial charge in [0.25, 0.3) is 0 Å². The maximum atomic E-state index is 6.51. The lowest BCUT2D eigenvalue weighted by Crippen LogP contribution is -2.48. The second-order valence-corrected chi connectivity index (χ2v) is 13.5. The molecule has 0 aliphatic carbocycles. The zero-order valence-corrected chi connectivity index (χ0v) is 17.2. The van der Waals surface area contributed by atoms with Crippen LogP contribution in [0.2, 0.25) is 18.1 Å². The molecule has 0 amide bonds. The van der Waals surface area contributed by atoms with Gasteiger partial charge in [-0.05, 0) is 41.2 Å². The lowest BCUT2D eigenvalue weighted by molar-refractivity contribution is 0.229. The van der Waals surface area contributed by atoms with Crippen molar-refractivity contribution >= 4 is 8.32 Å². The highest BCUT2D eigenvalue weighted by Crippen LogP contribution is 2.37. The first-order valence-electron chi connectivity index (χ1n) is 9.31. The summed E-state index contributed by atoms with van der Waals surface area (Å²) in [5.41, 5.74) is 4.17. The fourth-order valence-corrected chi connectivity index (χ4v) is 4.26. The molecule has 2 atom stereocenters. The van der Waals surface area contributed by atoms with E-state index in [0.29, 0.717) is 6.04 Å².